The van der Waals surface area contributed by atoms with E-state index in [2.05, 4.69) is 20.5 Å². The second-order valence-corrected chi connectivity index (χ2v) is 8.96. The number of nitrogens with zero attached hydrogens (tertiary/aromatic N) is 4. The van der Waals surface area contributed by atoms with Crippen molar-refractivity contribution < 1.29 is 9.21 Å². The molecule has 7 nitrogen and oxygen atoms in total. The Bertz CT molecular complexity index is 1340. The molecule has 2 aromatic carbocycles. The smallest absolute Gasteiger partial charge is 0.236 e. The highest BCUT2D eigenvalue weighted by Gasteiger charge is 2.19. The fraction of sp³-hybridized carbons (Fsp3) is 0.130. The average Bonchev–Trinajstić information content (AvgIpc) is 3.51. The minimum atomic E-state index is -0.135. The number of fused-ring (bicyclic) bond motifs is 1. The molecule has 0 fully saturated rings. The summed E-state index contributed by atoms with van der Waals surface area (Å²) in [6, 6.07) is 19.9. The summed E-state index contributed by atoms with van der Waals surface area (Å²) >= 11 is 2.75. The van der Waals surface area contributed by atoms with E-state index in [1.54, 1.807) is 0 Å². The second kappa shape index (κ2) is 8.97. The largest absolute Gasteiger partial charge is 0.453 e. The van der Waals surface area contributed by atoms with Crippen LogP contribution in [0.3, 0.4) is 0 Å². The SMILES string of the molecule is Cc1csc(NC(=O)CSc2nnc(-c3cc4ccccc4o3)n2Cc2ccccc2)n1. The number of para-hydroxylation sites is 1. The van der Waals surface area contributed by atoms with Gasteiger partial charge in [-0.15, -0.1) is 21.5 Å². The van der Waals surface area contributed by atoms with E-state index in [-0.39, 0.29) is 11.7 Å². The zero-order chi connectivity index (χ0) is 21.9. The first kappa shape index (κ1) is 20.5. The minimum absolute atomic E-state index is 0.135. The maximum Gasteiger partial charge on any atom is 0.236 e. The Morgan fingerprint density at radius 1 is 1.12 bits per heavy atom. The summed E-state index contributed by atoms with van der Waals surface area (Å²) < 4.78 is 8.02. The lowest BCUT2D eigenvalue weighted by atomic mass is 10.2. The van der Waals surface area contributed by atoms with Gasteiger partial charge in [-0.3, -0.25) is 9.36 Å². The van der Waals surface area contributed by atoms with Crippen molar-refractivity contribution in [2.75, 3.05) is 11.1 Å². The molecular formula is C23H19N5O2S2. The highest BCUT2D eigenvalue weighted by molar-refractivity contribution is 7.99. The molecule has 9 heteroatoms. The molecule has 3 aromatic heterocycles. The second-order valence-electron chi connectivity index (χ2n) is 7.16. The molecule has 0 saturated carbocycles. The number of benzene rings is 2. The summed E-state index contributed by atoms with van der Waals surface area (Å²) in [6.07, 6.45) is 0. The molecular weight excluding hydrogens is 442 g/mol. The average molecular weight is 462 g/mol. The molecule has 0 radical (unpaired) electrons. The van der Waals surface area contributed by atoms with Crippen molar-refractivity contribution in [3.05, 3.63) is 77.3 Å². The monoisotopic (exact) mass is 461 g/mol. The van der Waals surface area contributed by atoms with Crippen LogP contribution in [0.5, 0.6) is 0 Å². The Hall–Kier alpha value is -3.43. The molecule has 32 heavy (non-hydrogen) atoms. The molecule has 0 spiro atoms. The molecule has 0 aliphatic heterocycles. The van der Waals surface area contributed by atoms with Crippen LogP contribution < -0.4 is 5.32 Å². The van der Waals surface area contributed by atoms with Crippen LogP contribution in [0.4, 0.5) is 5.13 Å². The fourth-order valence-electron chi connectivity index (χ4n) is 3.28. The van der Waals surface area contributed by atoms with Gasteiger partial charge in [-0.25, -0.2) is 4.98 Å². The summed E-state index contributed by atoms with van der Waals surface area (Å²) in [5.74, 6) is 1.34. The molecule has 3 heterocycles. The number of amides is 1. The summed E-state index contributed by atoms with van der Waals surface area (Å²) in [7, 11) is 0. The topological polar surface area (TPSA) is 85.8 Å². The van der Waals surface area contributed by atoms with Crippen LogP contribution in [0.25, 0.3) is 22.6 Å². The molecule has 1 N–H and O–H groups in total. The summed E-state index contributed by atoms with van der Waals surface area (Å²) in [6.45, 7) is 2.46. The predicted octanol–water partition coefficient (Wildman–Crippen LogP) is 5.24. The third kappa shape index (κ3) is 4.44. The third-order valence-electron chi connectivity index (χ3n) is 4.74. The summed E-state index contributed by atoms with van der Waals surface area (Å²) in [5.41, 5.74) is 2.79. The van der Waals surface area contributed by atoms with Gasteiger partial charge in [-0.2, -0.15) is 0 Å². The zero-order valence-corrected chi connectivity index (χ0v) is 18.8. The van der Waals surface area contributed by atoms with E-state index in [4.69, 9.17) is 4.42 Å². The van der Waals surface area contributed by atoms with Crippen molar-refractivity contribution in [2.24, 2.45) is 0 Å². The summed E-state index contributed by atoms with van der Waals surface area (Å²) in [5, 5.41) is 15.7. The maximum absolute atomic E-state index is 12.4. The number of carbonyl (C=O) groups excluding carboxylic acids is 1. The van der Waals surface area contributed by atoms with E-state index in [0.717, 1.165) is 22.2 Å². The first-order chi connectivity index (χ1) is 15.7. The number of nitrogens with one attached hydrogen (secondary N) is 1. The number of rotatable bonds is 7. The van der Waals surface area contributed by atoms with Crippen molar-refractivity contribution >= 4 is 45.1 Å². The molecule has 5 aromatic rings. The first-order valence-electron chi connectivity index (χ1n) is 9.96. The molecule has 5 rings (SSSR count). The maximum atomic E-state index is 12.4. The Kier molecular flexibility index (Phi) is 5.74. The van der Waals surface area contributed by atoms with Gasteiger partial charge in [0.2, 0.25) is 11.7 Å². The van der Waals surface area contributed by atoms with Crippen molar-refractivity contribution in [2.45, 2.75) is 18.6 Å². The van der Waals surface area contributed by atoms with Crippen LogP contribution in [0.2, 0.25) is 0 Å². The van der Waals surface area contributed by atoms with Gasteiger partial charge >= 0.3 is 0 Å². The number of aryl methyl sites for hydroxylation is 1. The molecule has 0 unspecified atom stereocenters. The molecule has 0 aliphatic carbocycles. The molecule has 160 valence electrons. The molecule has 1 amide bonds. The van der Waals surface area contributed by atoms with E-state index in [1.807, 2.05) is 77.5 Å². The van der Waals surface area contributed by atoms with Crippen LogP contribution in [0.1, 0.15) is 11.3 Å². The van der Waals surface area contributed by atoms with E-state index in [1.165, 1.54) is 23.1 Å². The number of thioether (sulfide) groups is 1. The van der Waals surface area contributed by atoms with Gasteiger partial charge in [0, 0.05) is 10.8 Å². The molecule has 0 aliphatic rings. The number of carbonyl (C=O) groups is 1. The Labute approximate surface area is 192 Å². The van der Waals surface area contributed by atoms with Gasteiger partial charge in [0.05, 0.1) is 18.0 Å². The quantitative estimate of drug-likeness (QED) is 0.334. The first-order valence-corrected chi connectivity index (χ1v) is 11.8. The standard InChI is InChI=1S/C23H19N5O2S2/c1-15-13-31-22(24-15)25-20(29)14-32-23-27-26-21(28(23)12-16-7-3-2-4-8-16)19-11-17-9-5-6-10-18(17)30-19/h2-11,13H,12,14H2,1H3,(H,24,25,29). The van der Waals surface area contributed by atoms with Crippen LogP contribution >= 0.6 is 23.1 Å². The summed E-state index contributed by atoms with van der Waals surface area (Å²) in [4.78, 5) is 16.7. The van der Waals surface area contributed by atoms with Crippen molar-refractivity contribution in [1.82, 2.24) is 19.7 Å². The number of hydrogen-bond donors (Lipinski definition) is 1. The normalized spacial score (nSPS) is 11.2. The molecule has 0 atom stereocenters. The minimum Gasteiger partial charge on any atom is -0.453 e. The van der Waals surface area contributed by atoms with Crippen LogP contribution in [0, 0.1) is 6.92 Å². The van der Waals surface area contributed by atoms with Gasteiger partial charge < -0.3 is 9.73 Å². The Morgan fingerprint density at radius 2 is 1.94 bits per heavy atom. The lowest BCUT2D eigenvalue weighted by Gasteiger charge is -2.09. The lowest BCUT2D eigenvalue weighted by molar-refractivity contribution is -0.113. The van der Waals surface area contributed by atoms with Crippen LogP contribution in [0.15, 0.2) is 75.6 Å². The number of thiazole rings is 1. The number of aromatic nitrogens is 4. The predicted molar refractivity (Wildman–Crippen MR) is 127 cm³/mol. The Balaban J connectivity index is 1.42. The third-order valence-corrected chi connectivity index (χ3v) is 6.59. The lowest BCUT2D eigenvalue weighted by Crippen LogP contribution is -2.14. The van der Waals surface area contributed by atoms with E-state index in [0.29, 0.717) is 28.4 Å². The van der Waals surface area contributed by atoms with Crippen molar-refractivity contribution in [3.8, 4) is 11.6 Å². The molecule has 0 saturated heterocycles. The van der Waals surface area contributed by atoms with Crippen LogP contribution in [-0.2, 0) is 11.3 Å². The van der Waals surface area contributed by atoms with Gasteiger partial charge in [0.1, 0.15) is 5.58 Å². The van der Waals surface area contributed by atoms with Crippen molar-refractivity contribution in [3.63, 3.8) is 0 Å². The van der Waals surface area contributed by atoms with Gasteiger partial charge in [0.25, 0.3) is 0 Å². The number of anilines is 1. The highest BCUT2D eigenvalue weighted by atomic mass is 32.2. The zero-order valence-electron chi connectivity index (χ0n) is 17.2. The van der Waals surface area contributed by atoms with E-state index >= 15 is 0 Å². The van der Waals surface area contributed by atoms with Crippen molar-refractivity contribution in [1.29, 1.82) is 0 Å². The highest BCUT2D eigenvalue weighted by Crippen LogP contribution is 2.30. The fourth-order valence-corrected chi connectivity index (χ4v) is 4.72. The van der Waals surface area contributed by atoms with Gasteiger partial charge in [-0.1, -0.05) is 60.3 Å². The van der Waals surface area contributed by atoms with E-state index < -0.39 is 0 Å². The molecule has 0 bridgehead atoms. The number of hydrogen-bond acceptors (Lipinski definition) is 7. The van der Waals surface area contributed by atoms with Gasteiger partial charge in [0.15, 0.2) is 16.0 Å². The Morgan fingerprint density at radius 3 is 2.72 bits per heavy atom. The van der Waals surface area contributed by atoms with Crippen LogP contribution in [-0.4, -0.2) is 31.4 Å². The van der Waals surface area contributed by atoms with E-state index in [9.17, 15) is 4.79 Å². The van der Waals surface area contributed by atoms with Gasteiger partial charge in [-0.05, 0) is 24.6 Å². The number of furan rings is 1.